The van der Waals surface area contributed by atoms with E-state index < -0.39 is 11.9 Å². The maximum atomic E-state index is 13.2. The molecule has 7 nitrogen and oxygen atoms in total. The number of ether oxygens (including phenoxy) is 1. The van der Waals surface area contributed by atoms with Crippen LogP contribution in [0.4, 0.5) is 11.4 Å². The molecule has 2 aromatic rings. The molecule has 0 bridgehead atoms. The summed E-state index contributed by atoms with van der Waals surface area (Å²) >= 11 is 0. The highest BCUT2D eigenvalue weighted by Gasteiger charge is 2.41. The molecule has 29 heavy (non-hydrogen) atoms. The number of carbonyl (C=O) groups is 3. The fourth-order valence-corrected chi connectivity index (χ4v) is 5.00. The normalized spacial score (nSPS) is 24.0. The first-order chi connectivity index (χ1) is 14.1. The van der Waals surface area contributed by atoms with Gasteiger partial charge in [0.1, 0.15) is 6.04 Å². The van der Waals surface area contributed by atoms with Crippen molar-refractivity contribution in [1.29, 1.82) is 0 Å². The van der Waals surface area contributed by atoms with Gasteiger partial charge in [0.25, 0.3) is 5.91 Å². The van der Waals surface area contributed by atoms with Crippen LogP contribution in [0, 0.1) is 0 Å². The summed E-state index contributed by atoms with van der Waals surface area (Å²) in [6.07, 6.45) is 2.77. The zero-order chi connectivity index (χ0) is 20.1. The van der Waals surface area contributed by atoms with Gasteiger partial charge >= 0.3 is 0 Å². The van der Waals surface area contributed by atoms with E-state index in [9.17, 15) is 14.4 Å². The second-order valence-electron chi connectivity index (χ2n) is 7.92. The minimum atomic E-state index is -0.658. The van der Waals surface area contributed by atoms with Gasteiger partial charge in [0.05, 0.1) is 23.9 Å². The van der Waals surface area contributed by atoms with E-state index in [0.29, 0.717) is 24.6 Å². The zero-order valence-electron chi connectivity index (χ0n) is 16.3. The minimum Gasteiger partial charge on any atom is -0.383 e. The summed E-state index contributed by atoms with van der Waals surface area (Å²) in [5.74, 6) is -0.861. The first-order valence-corrected chi connectivity index (χ1v) is 10.1. The number of benzene rings is 2. The summed E-state index contributed by atoms with van der Waals surface area (Å²) in [5, 5.41) is 4.28. The number of carbonyl (C=O) groups excluding carboxylic acids is 3. The first kappa shape index (κ1) is 18.1. The minimum absolute atomic E-state index is 0.174. The van der Waals surface area contributed by atoms with Crippen LogP contribution in [0.5, 0.6) is 0 Å². The second kappa shape index (κ2) is 6.84. The van der Waals surface area contributed by atoms with Gasteiger partial charge in [-0.25, -0.2) is 0 Å². The maximum Gasteiger partial charge on any atom is 0.259 e. The molecule has 1 unspecified atom stereocenters. The molecule has 2 saturated heterocycles. The average molecular weight is 393 g/mol. The number of rotatable bonds is 4. The molecule has 1 N–H and O–H groups in total. The third-order valence-corrected chi connectivity index (χ3v) is 6.27. The lowest BCUT2D eigenvalue weighted by atomic mass is 10.0. The quantitative estimate of drug-likeness (QED) is 0.806. The fourth-order valence-electron chi connectivity index (χ4n) is 5.00. The molecule has 3 heterocycles. The zero-order valence-corrected chi connectivity index (χ0v) is 16.3. The number of methoxy groups -OCH3 is 1. The van der Waals surface area contributed by atoms with Crippen LogP contribution >= 0.6 is 0 Å². The van der Waals surface area contributed by atoms with Crippen molar-refractivity contribution in [2.24, 2.45) is 0 Å². The summed E-state index contributed by atoms with van der Waals surface area (Å²) in [5.41, 5.74) is 2.47. The largest absolute Gasteiger partial charge is 0.383 e. The predicted molar refractivity (Wildman–Crippen MR) is 109 cm³/mol. The maximum absolute atomic E-state index is 13.2. The monoisotopic (exact) mass is 393 g/mol. The topological polar surface area (TPSA) is 79.0 Å². The number of piperidine rings is 1. The smallest absolute Gasteiger partial charge is 0.259 e. The Balaban J connectivity index is 1.60. The van der Waals surface area contributed by atoms with Crippen LogP contribution in [0.25, 0.3) is 10.8 Å². The standard InChI is InChI=1S/C22H23N3O4/c1-29-12-13-4-3-11-24(13)16-8-7-15-20-14(16)5-2-6-17(20)25(22(15)28)18-9-10-19(26)23-21(18)27/h2,5-8,13,18H,3-4,9-12H2,1H3,(H,23,26,27)/t13-,18?/m0/s1. The van der Waals surface area contributed by atoms with Crippen molar-refractivity contribution >= 4 is 39.9 Å². The van der Waals surface area contributed by atoms with Crippen LogP contribution in [0.1, 0.15) is 36.0 Å². The molecule has 0 aliphatic carbocycles. The summed E-state index contributed by atoms with van der Waals surface area (Å²) in [6, 6.07) is 9.42. The van der Waals surface area contributed by atoms with Gasteiger partial charge in [0.2, 0.25) is 11.8 Å². The van der Waals surface area contributed by atoms with E-state index in [4.69, 9.17) is 4.74 Å². The molecule has 0 radical (unpaired) electrons. The third kappa shape index (κ3) is 2.72. The van der Waals surface area contributed by atoms with Crippen molar-refractivity contribution in [3.63, 3.8) is 0 Å². The lowest BCUT2D eigenvalue weighted by Crippen LogP contribution is -2.53. The van der Waals surface area contributed by atoms with Gasteiger partial charge in [-0.3, -0.25) is 24.6 Å². The molecule has 150 valence electrons. The van der Waals surface area contributed by atoms with Crippen LogP contribution < -0.4 is 15.1 Å². The average Bonchev–Trinajstić information content (AvgIpc) is 3.27. The molecule has 5 rings (SSSR count). The highest BCUT2D eigenvalue weighted by Crippen LogP contribution is 2.44. The molecular weight excluding hydrogens is 370 g/mol. The van der Waals surface area contributed by atoms with Crippen LogP contribution in [-0.2, 0) is 14.3 Å². The van der Waals surface area contributed by atoms with E-state index in [0.717, 1.165) is 41.5 Å². The molecule has 0 saturated carbocycles. The van der Waals surface area contributed by atoms with Crippen molar-refractivity contribution in [2.75, 3.05) is 30.1 Å². The Bertz CT molecular complexity index is 1030. The van der Waals surface area contributed by atoms with Gasteiger partial charge in [-0.1, -0.05) is 12.1 Å². The number of hydrogen-bond donors (Lipinski definition) is 1. The van der Waals surface area contributed by atoms with Gasteiger partial charge in [0, 0.05) is 36.5 Å². The molecule has 2 fully saturated rings. The number of amides is 3. The van der Waals surface area contributed by atoms with Gasteiger partial charge < -0.3 is 9.64 Å². The van der Waals surface area contributed by atoms with E-state index >= 15 is 0 Å². The van der Waals surface area contributed by atoms with Gasteiger partial charge in [-0.2, -0.15) is 0 Å². The van der Waals surface area contributed by atoms with E-state index in [1.165, 1.54) is 0 Å². The lowest BCUT2D eigenvalue weighted by Gasteiger charge is -2.30. The molecule has 2 atom stereocenters. The summed E-state index contributed by atoms with van der Waals surface area (Å²) in [4.78, 5) is 41.2. The third-order valence-electron chi connectivity index (χ3n) is 6.27. The Hall–Kier alpha value is -2.93. The summed E-state index contributed by atoms with van der Waals surface area (Å²) in [6.45, 7) is 1.63. The van der Waals surface area contributed by atoms with Gasteiger partial charge in [-0.15, -0.1) is 0 Å². The highest BCUT2D eigenvalue weighted by atomic mass is 16.5. The van der Waals surface area contributed by atoms with E-state index in [-0.39, 0.29) is 18.2 Å². The van der Waals surface area contributed by atoms with E-state index in [1.807, 2.05) is 30.3 Å². The molecule has 0 spiro atoms. The Morgan fingerprint density at radius 2 is 1.97 bits per heavy atom. The number of hydrogen-bond acceptors (Lipinski definition) is 5. The fraction of sp³-hybridized carbons (Fsp3) is 0.409. The Labute approximate surface area is 168 Å². The van der Waals surface area contributed by atoms with Crippen molar-refractivity contribution in [3.8, 4) is 0 Å². The lowest BCUT2D eigenvalue weighted by molar-refractivity contribution is -0.134. The number of imide groups is 1. The van der Waals surface area contributed by atoms with Crippen molar-refractivity contribution in [3.05, 3.63) is 35.9 Å². The number of anilines is 2. The Morgan fingerprint density at radius 1 is 1.10 bits per heavy atom. The molecule has 3 aliphatic rings. The van der Waals surface area contributed by atoms with Crippen LogP contribution in [0.3, 0.4) is 0 Å². The summed E-state index contributed by atoms with van der Waals surface area (Å²) < 4.78 is 5.41. The van der Waals surface area contributed by atoms with Crippen LogP contribution in [-0.4, -0.2) is 50.1 Å². The molecule has 3 aliphatic heterocycles. The van der Waals surface area contributed by atoms with Gasteiger partial charge in [0.15, 0.2) is 0 Å². The predicted octanol–water partition coefficient (Wildman–Crippen LogP) is 2.22. The van der Waals surface area contributed by atoms with Crippen molar-refractivity contribution in [2.45, 2.75) is 37.8 Å². The molecular formula is C22H23N3O4. The molecule has 0 aromatic heterocycles. The highest BCUT2D eigenvalue weighted by molar-refractivity contribution is 6.28. The SMILES string of the molecule is COC[C@@H]1CCCN1c1ccc2c3c(cccc13)N(C1CCC(=O)NC1=O)C2=O. The first-order valence-electron chi connectivity index (χ1n) is 10.1. The Morgan fingerprint density at radius 3 is 2.76 bits per heavy atom. The van der Waals surface area contributed by atoms with Gasteiger partial charge in [-0.05, 0) is 37.5 Å². The second-order valence-corrected chi connectivity index (χ2v) is 7.92. The molecule has 2 aromatic carbocycles. The van der Waals surface area contributed by atoms with E-state index in [2.05, 4.69) is 10.2 Å². The number of nitrogens with zero attached hydrogens (tertiary/aromatic N) is 2. The Kier molecular flexibility index (Phi) is 4.28. The summed E-state index contributed by atoms with van der Waals surface area (Å²) in [7, 11) is 1.72. The molecule has 3 amide bonds. The number of nitrogens with one attached hydrogen (secondary N) is 1. The van der Waals surface area contributed by atoms with Crippen molar-refractivity contribution < 1.29 is 19.1 Å². The van der Waals surface area contributed by atoms with Crippen LogP contribution in [0.2, 0.25) is 0 Å². The van der Waals surface area contributed by atoms with Crippen molar-refractivity contribution in [1.82, 2.24) is 5.32 Å². The molecule has 7 heteroatoms. The van der Waals surface area contributed by atoms with E-state index in [1.54, 1.807) is 12.0 Å². The van der Waals surface area contributed by atoms with Crippen LogP contribution in [0.15, 0.2) is 30.3 Å².